The highest BCUT2D eigenvalue weighted by Crippen LogP contribution is 2.39. The van der Waals surface area contributed by atoms with E-state index >= 15 is 0 Å². The number of rotatable bonds is 2. The summed E-state index contributed by atoms with van der Waals surface area (Å²) < 4.78 is 0. The smallest absolute Gasteiger partial charge is 0.325 e. The topological polar surface area (TPSA) is 69.7 Å². The first kappa shape index (κ1) is 17.1. The Labute approximate surface area is 153 Å². The Hall–Kier alpha value is -2.37. The monoisotopic (exact) mass is 355 g/mol. The Kier molecular flexibility index (Phi) is 4.21. The van der Waals surface area contributed by atoms with E-state index in [1.54, 1.807) is 4.90 Å². The van der Waals surface area contributed by atoms with Gasteiger partial charge in [0, 0.05) is 13.1 Å². The van der Waals surface area contributed by atoms with Crippen LogP contribution in [0.3, 0.4) is 0 Å². The van der Waals surface area contributed by atoms with Crippen LogP contribution in [0.5, 0.6) is 0 Å². The van der Waals surface area contributed by atoms with Crippen LogP contribution in [-0.2, 0) is 21.5 Å². The second-order valence-electron chi connectivity index (χ2n) is 7.80. The average molecular weight is 355 g/mol. The van der Waals surface area contributed by atoms with E-state index in [2.05, 4.69) is 12.2 Å². The lowest BCUT2D eigenvalue weighted by molar-refractivity contribution is -0.140. The van der Waals surface area contributed by atoms with Crippen LogP contribution < -0.4 is 5.32 Å². The van der Waals surface area contributed by atoms with Crippen molar-refractivity contribution in [3.05, 3.63) is 35.4 Å². The van der Waals surface area contributed by atoms with E-state index in [-0.39, 0.29) is 18.4 Å². The predicted octanol–water partition coefficient (Wildman–Crippen LogP) is 2.03. The minimum absolute atomic E-state index is 0.137. The van der Waals surface area contributed by atoms with Gasteiger partial charge in [-0.3, -0.25) is 14.5 Å². The van der Waals surface area contributed by atoms with Crippen LogP contribution >= 0.6 is 0 Å². The van der Waals surface area contributed by atoms with Gasteiger partial charge in [0.2, 0.25) is 5.91 Å². The molecular formula is C20H25N3O3. The number of hydrogen-bond donors (Lipinski definition) is 1. The molecule has 2 heterocycles. The van der Waals surface area contributed by atoms with Crippen molar-refractivity contribution in [2.24, 2.45) is 5.92 Å². The van der Waals surface area contributed by atoms with Crippen LogP contribution in [0.2, 0.25) is 0 Å². The summed E-state index contributed by atoms with van der Waals surface area (Å²) in [5, 5.41) is 2.91. The third kappa shape index (κ3) is 2.68. The van der Waals surface area contributed by atoms with Crippen molar-refractivity contribution in [2.75, 3.05) is 19.6 Å². The molecule has 1 aromatic rings. The van der Waals surface area contributed by atoms with Crippen LogP contribution in [0.4, 0.5) is 4.79 Å². The summed E-state index contributed by atoms with van der Waals surface area (Å²) in [4.78, 5) is 41.3. The molecule has 4 rings (SSSR count). The molecule has 1 spiro atoms. The van der Waals surface area contributed by atoms with Gasteiger partial charge in [-0.2, -0.15) is 0 Å². The van der Waals surface area contributed by atoms with Crippen LogP contribution in [0.1, 0.15) is 43.7 Å². The molecule has 138 valence electrons. The van der Waals surface area contributed by atoms with E-state index in [1.165, 1.54) is 0 Å². The summed E-state index contributed by atoms with van der Waals surface area (Å²) in [6.45, 7) is 3.43. The summed E-state index contributed by atoms with van der Waals surface area (Å²) in [5.74, 6) is 0.202. The van der Waals surface area contributed by atoms with Crippen molar-refractivity contribution in [2.45, 2.75) is 44.6 Å². The zero-order valence-electron chi connectivity index (χ0n) is 15.2. The Bertz CT molecular complexity index is 754. The second-order valence-corrected chi connectivity index (χ2v) is 7.80. The number of nitrogens with one attached hydrogen (secondary N) is 1. The average Bonchev–Trinajstić information content (AvgIpc) is 2.87. The highest BCUT2D eigenvalue weighted by molar-refractivity contribution is 6.09. The van der Waals surface area contributed by atoms with Crippen molar-refractivity contribution in [1.82, 2.24) is 15.1 Å². The highest BCUT2D eigenvalue weighted by Gasteiger charge is 2.54. The van der Waals surface area contributed by atoms with Gasteiger partial charge in [0.15, 0.2) is 0 Å². The van der Waals surface area contributed by atoms with Crippen LogP contribution in [0, 0.1) is 5.92 Å². The molecule has 6 heteroatoms. The number of imide groups is 1. The normalized spacial score (nSPS) is 26.2. The van der Waals surface area contributed by atoms with E-state index in [0.29, 0.717) is 25.4 Å². The number of piperidine rings is 1. The number of urea groups is 1. The second kappa shape index (κ2) is 6.41. The molecule has 1 N–H and O–H groups in total. The molecule has 2 aliphatic heterocycles. The van der Waals surface area contributed by atoms with E-state index < -0.39 is 11.6 Å². The minimum atomic E-state index is -0.997. The molecule has 26 heavy (non-hydrogen) atoms. The zero-order valence-corrected chi connectivity index (χ0v) is 15.2. The number of hydrogen-bond acceptors (Lipinski definition) is 3. The molecule has 1 atom stereocenters. The van der Waals surface area contributed by atoms with Gasteiger partial charge in [0.25, 0.3) is 5.91 Å². The highest BCUT2D eigenvalue weighted by atomic mass is 16.2. The zero-order chi connectivity index (χ0) is 18.3. The molecule has 4 amide bonds. The van der Waals surface area contributed by atoms with Crippen LogP contribution in [-0.4, -0.2) is 47.3 Å². The van der Waals surface area contributed by atoms with Gasteiger partial charge < -0.3 is 10.2 Å². The Balaban J connectivity index is 1.54. The quantitative estimate of drug-likeness (QED) is 0.825. The Morgan fingerprint density at radius 3 is 2.73 bits per heavy atom. The van der Waals surface area contributed by atoms with Gasteiger partial charge in [-0.15, -0.1) is 0 Å². The first-order valence-corrected chi connectivity index (χ1v) is 9.51. The molecular weight excluding hydrogens is 330 g/mol. The van der Waals surface area contributed by atoms with Crippen molar-refractivity contribution >= 4 is 17.8 Å². The summed E-state index contributed by atoms with van der Waals surface area (Å²) in [7, 11) is 0. The third-order valence-corrected chi connectivity index (χ3v) is 6.08. The number of amides is 4. The number of carbonyl (C=O) groups excluding carboxylic acids is 3. The number of nitrogens with zero attached hydrogens (tertiary/aromatic N) is 2. The largest absolute Gasteiger partial charge is 0.341 e. The van der Waals surface area contributed by atoms with Gasteiger partial charge in [0.1, 0.15) is 12.1 Å². The molecule has 1 aromatic carbocycles. The fourth-order valence-corrected chi connectivity index (χ4v) is 4.45. The van der Waals surface area contributed by atoms with E-state index in [0.717, 1.165) is 41.7 Å². The van der Waals surface area contributed by atoms with Gasteiger partial charge in [-0.05, 0) is 49.1 Å². The summed E-state index contributed by atoms with van der Waals surface area (Å²) in [6.07, 6.45) is 4.29. The molecule has 0 bridgehead atoms. The molecule has 0 unspecified atom stereocenters. The number of fused-ring (bicyclic) bond motifs is 2. The van der Waals surface area contributed by atoms with E-state index in [4.69, 9.17) is 0 Å². The summed E-state index contributed by atoms with van der Waals surface area (Å²) in [5.41, 5.74) is 0.986. The molecule has 3 aliphatic rings. The Morgan fingerprint density at radius 2 is 1.96 bits per heavy atom. The van der Waals surface area contributed by atoms with Gasteiger partial charge in [0.05, 0.1) is 0 Å². The van der Waals surface area contributed by atoms with Crippen LogP contribution in [0.15, 0.2) is 24.3 Å². The van der Waals surface area contributed by atoms with Crippen molar-refractivity contribution in [3.8, 4) is 0 Å². The van der Waals surface area contributed by atoms with Crippen molar-refractivity contribution in [3.63, 3.8) is 0 Å². The molecule has 1 aliphatic carbocycles. The Morgan fingerprint density at radius 1 is 1.23 bits per heavy atom. The van der Waals surface area contributed by atoms with E-state index in [9.17, 15) is 14.4 Å². The SMILES string of the molecule is CC1CCN(C(=O)CN2C(=O)N[C@@]3(CCCc4ccccc43)C2=O)CC1. The molecule has 0 saturated carbocycles. The maximum absolute atomic E-state index is 13.2. The fraction of sp³-hybridized carbons (Fsp3) is 0.550. The van der Waals surface area contributed by atoms with Crippen molar-refractivity contribution in [1.29, 1.82) is 0 Å². The van der Waals surface area contributed by atoms with E-state index in [1.807, 2.05) is 24.3 Å². The molecule has 0 radical (unpaired) electrons. The number of benzene rings is 1. The maximum Gasteiger partial charge on any atom is 0.325 e. The first-order chi connectivity index (χ1) is 12.5. The molecule has 2 fully saturated rings. The lowest BCUT2D eigenvalue weighted by atomic mass is 9.76. The molecule has 0 aromatic heterocycles. The first-order valence-electron chi connectivity index (χ1n) is 9.51. The minimum Gasteiger partial charge on any atom is -0.341 e. The summed E-state index contributed by atoms with van der Waals surface area (Å²) in [6, 6.07) is 7.33. The summed E-state index contributed by atoms with van der Waals surface area (Å²) >= 11 is 0. The lowest BCUT2D eigenvalue weighted by Gasteiger charge is -2.33. The van der Waals surface area contributed by atoms with Crippen LogP contribution in [0.25, 0.3) is 0 Å². The predicted molar refractivity (Wildman–Crippen MR) is 96.3 cm³/mol. The lowest BCUT2D eigenvalue weighted by Crippen LogP contribution is -2.48. The van der Waals surface area contributed by atoms with Gasteiger partial charge in [-0.25, -0.2) is 4.79 Å². The fourth-order valence-electron chi connectivity index (χ4n) is 4.45. The maximum atomic E-state index is 13.2. The number of carbonyl (C=O) groups is 3. The third-order valence-electron chi connectivity index (χ3n) is 6.08. The molecule has 2 saturated heterocycles. The van der Waals surface area contributed by atoms with Gasteiger partial charge in [-0.1, -0.05) is 31.2 Å². The van der Waals surface area contributed by atoms with Gasteiger partial charge >= 0.3 is 6.03 Å². The standard InChI is InChI=1S/C20H25N3O3/c1-14-8-11-22(12-9-14)17(24)13-23-18(25)20(21-19(23)26)10-4-6-15-5-2-3-7-16(15)20/h2-3,5,7,14H,4,6,8-13H2,1H3,(H,21,26)/t20-/m1/s1. The van der Waals surface area contributed by atoms with Crippen molar-refractivity contribution < 1.29 is 14.4 Å². The number of likely N-dealkylation sites (tertiary alicyclic amines) is 1. The number of aryl methyl sites for hydroxylation is 1. The molecule has 6 nitrogen and oxygen atoms in total.